The van der Waals surface area contributed by atoms with Crippen molar-refractivity contribution in [1.29, 1.82) is 0 Å². The average molecular weight is 282 g/mol. The van der Waals surface area contributed by atoms with Crippen LogP contribution in [-0.2, 0) is 0 Å². The summed E-state index contributed by atoms with van der Waals surface area (Å²) in [6, 6.07) is 6.84. The minimum Gasteiger partial charge on any atom is -0.389 e. The van der Waals surface area contributed by atoms with E-state index in [0.29, 0.717) is 6.54 Å². The molecule has 0 aliphatic heterocycles. The number of halogens is 1. The number of aliphatic hydroxyl groups is 1. The predicted molar refractivity (Wildman–Crippen MR) is 81.2 cm³/mol. The average Bonchev–Trinajstić information content (AvgIpc) is 2.36. The Balaban J connectivity index is 2.60. The number of nitrogens with zero attached hydrogens (tertiary/aromatic N) is 1. The lowest BCUT2D eigenvalue weighted by Crippen LogP contribution is -2.39. The van der Waals surface area contributed by atoms with Crippen molar-refractivity contribution in [3.8, 4) is 0 Å². The molecular formula is C16H27FN2O. The second-order valence-corrected chi connectivity index (χ2v) is 5.87. The van der Waals surface area contributed by atoms with Crippen LogP contribution in [0.15, 0.2) is 24.3 Å². The van der Waals surface area contributed by atoms with Gasteiger partial charge in [-0.2, -0.15) is 0 Å². The standard InChI is InChI=1S/C16H27FN2O/c1-5-19(12-16(2,3)20)10-9-15(18-4)13-7-6-8-14(17)11-13/h6-8,11,15,18,20H,5,9-10,12H2,1-4H3. The van der Waals surface area contributed by atoms with Crippen LogP contribution in [0.4, 0.5) is 4.39 Å². The van der Waals surface area contributed by atoms with Gasteiger partial charge in [0.15, 0.2) is 0 Å². The van der Waals surface area contributed by atoms with Gasteiger partial charge in [0.2, 0.25) is 0 Å². The molecule has 0 aliphatic rings. The Kier molecular flexibility index (Phi) is 6.59. The Hall–Kier alpha value is -0.970. The molecule has 1 rings (SSSR count). The molecule has 2 N–H and O–H groups in total. The van der Waals surface area contributed by atoms with Crippen molar-refractivity contribution in [2.24, 2.45) is 0 Å². The molecule has 1 atom stereocenters. The van der Waals surface area contributed by atoms with Gasteiger partial charge in [0.1, 0.15) is 5.82 Å². The molecule has 0 bridgehead atoms. The van der Waals surface area contributed by atoms with Gasteiger partial charge in [0, 0.05) is 19.1 Å². The molecule has 1 aromatic carbocycles. The third-order valence-electron chi connectivity index (χ3n) is 3.39. The number of nitrogens with one attached hydrogen (secondary N) is 1. The van der Waals surface area contributed by atoms with E-state index in [9.17, 15) is 9.50 Å². The lowest BCUT2D eigenvalue weighted by molar-refractivity contribution is 0.0367. The quantitative estimate of drug-likeness (QED) is 0.769. The van der Waals surface area contributed by atoms with Gasteiger partial charge in [-0.1, -0.05) is 19.1 Å². The normalized spacial score (nSPS) is 13.8. The highest BCUT2D eigenvalue weighted by atomic mass is 19.1. The Labute approximate surface area is 121 Å². The first-order valence-corrected chi connectivity index (χ1v) is 7.23. The zero-order chi connectivity index (χ0) is 15.2. The first-order valence-electron chi connectivity index (χ1n) is 7.23. The van der Waals surface area contributed by atoms with Crippen molar-refractivity contribution >= 4 is 0 Å². The van der Waals surface area contributed by atoms with E-state index in [1.54, 1.807) is 12.1 Å². The summed E-state index contributed by atoms with van der Waals surface area (Å²) in [6.07, 6.45) is 0.879. The lowest BCUT2D eigenvalue weighted by Gasteiger charge is -2.29. The van der Waals surface area contributed by atoms with Crippen LogP contribution in [0.5, 0.6) is 0 Å². The molecule has 1 unspecified atom stereocenters. The molecule has 0 heterocycles. The summed E-state index contributed by atoms with van der Waals surface area (Å²) < 4.78 is 13.3. The maximum Gasteiger partial charge on any atom is 0.123 e. The highest BCUT2D eigenvalue weighted by molar-refractivity contribution is 5.20. The van der Waals surface area contributed by atoms with Crippen LogP contribution in [0.2, 0.25) is 0 Å². The summed E-state index contributed by atoms with van der Waals surface area (Å²) in [5, 5.41) is 13.1. The van der Waals surface area contributed by atoms with Gasteiger partial charge in [-0.25, -0.2) is 4.39 Å². The number of rotatable bonds is 8. The monoisotopic (exact) mass is 282 g/mol. The van der Waals surface area contributed by atoms with Gasteiger partial charge in [-0.15, -0.1) is 0 Å². The largest absolute Gasteiger partial charge is 0.389 e. The molecule has 0 aromatic heterocycles. The molecule has 3 nitrogen and oxygen atoms in total. The molecule has 114 valence electrons. The van der Waals surface area contributed by atoms with Gasteiger partial charge in [-0.3, -0.25) is 0 Å². The molecule has 4 heteroatoms. The maximum atomic E-state index is 13.3. The van der Waals surface area contributed by atoms with E-state index in [0.717, 1.165) is 25.1 Å². The maximum absolute atomic E-state index is 13.3. The van der Waals surface area contributed by atoms with E-state index in [1.165, 1.54) is 6.07 Å². The van der Waals surface area contributed by atoms with Gasteiger partial charge in [-0.05, 0) is 51.6 Å². The summed E-state index contributed by atoms with van der Waals surface area (Å²) in [5.74, 6) is -0.202. The minimum atomic E-state index is -0.690. The van der Waals surface area contributed by atoms with Gasteiger partial charge < -0.3 is 15.3 Å². The smallest absolute Gasteiger partial charge is 0.123 e. The molecular weight excluding hydrogens is 255 g/mol. The fourth-order valence-electron chi connectivity index (χ4n) is 2.41. The van der Waals surface area contributed by atoms with Crippen LogP contribution in [-0.4, -0.2) is 42.3 Å². The van der Waals surface area contributed by atoms with Crippen molar-refractivity contribution in [2.75, 3.05) is 26.7 Å². The second-order valence-electron chi connectivity index (χ2n) is 5.87. The first-order chi connectivity index (χ1) is 9.35. The predicted octanol–water partition coefficient (Wildman–Crippen LogP) is 2.57. The Bertz CT molecular complexity index is 404. The number of hydrogen-bond acceptors (Lipinski definition) is 3. The van der Waals surface area contributed by atoms with Crippen LogP contribution in [0.25, 0.3) is 0 Å². The topological polar surface area (TPSA) is 35.5 Å². The van der Waals surface area contributed by atoms with Crippen LogP contribution in [0, 0.1) is 5.82 Å². The van der Waals surface area contributed by atoms with E-state index in [-0.39, 0.29) is 11.9 Å². The van der Waals surface area contributed by atoms with Crippen LogP contribution < -0.4 is 5.32 Å². The fraction of sp³-hybridized carbons (Fsp3) is 0.625. The number of likely N-dealkylation sites (N-methyl/N-ethyl adjacent to an activating group) is 1. The Morgan fingerprint density at radius 3 is 2.60 bits per heavy atom. The summed E-state index contributed by atoms with van der Waals surface area (Å²) in [6.45, 7) is 8.12. The van der Waals surface area contributed by atoms with Crippen molar-refractivity contribution in [3.63, 3.8) is 0 Å². The highest BCUT2D eigenvalue weighted by Crippen LogP contribution is 2.18. The molecule has 0 saturated heterocycles. The minimum absolute atomic E-state index is 0.126. The van der Waals surface area contributed by atoms with Gasteiger partial charge in [0.05, 0.1) is 5.60 Å². The molecule has 20 heavy (non-hydrogen) atoms. The van der Waals surface area contributed by atoms with E-state index < -0.39 is 5.60 Å². The summed E-state index contributed by atoms with van der Waals surface area (Å²) in [4.78, 5) is 2.21. The van der Waals surface area contributed by atoms with Crippen LogP contribution in [0.3, 0.4) is 0 Å². The molecule has 0 aliphatic carbocycles. The third kappa shape index (κ3) is 5.99. The molecule has 0 amide bonds. The summed E-state index contributed by atoms with van der Waals surface area (Å²) in [5.41, 5.74) is 0.274. The Morgan fingerprint density at radius 2 is 2.10 bits per heavy atom. The Morgan fingerprint density at radius 1 is 1.40 bits per heavy atom. The van der Waals surface area contributed by atoms with Crippen LogP contribution in [0.1, 0.15) is 38.8 Å². The van der Waals surface area contributed by atoms with Crippen molar-refractivity contribution in [2.45, 2.75) is 38.8 Å². The van der Waals surface area contributed by atoms with Gasteiger partial charge in [0.25, 0.3) is 0 Å². The summed E-state index contributed by atoms with van der Waals surface area (Å²) >= 11 is 0. The van der Waals surface area contributed by atoms with Crippen molar-refractivity contribution < 1.29 is 9.50 Å². The van der Waals surface area contributed by atoms with Crippen molar-refractivity contribution in [3.05, 3.63) is 35.6 Å². The van der Waals surface area contributed by atoms with E-state index in [2.05, 4.69) is 17.1 Å². The summed E-state index contributed by atoms with van der Waals surface area (Å²) in [7, 11) is 1.89. The fourth-order valence-corrected chi connectivity index (χ4v) is 2.41. The first kappa shape index (κ1) is 17.1. The number of hydrogen-bond donors (Lipinski definition) is 2. The highest BCUT2D eigenvalue weighted by Gasteiger charge is 2.18. The van der Waals surface area contributed by atoms with Crippen LogP contribution >= 0.6 is 0 Å². The lowest BCUT2D eigenvalue weighted by atomic mass is 10.0. The van der Waals surface area contributed by atoms with Gasteiger partial charge >= 0.3 is 0 Å². The van der Waals surface area contributed by atoms with E-state index >= 15 is 0 Å². The molecule has 0 saturated carbocycles. The molecule has 0 fully saturated rings. The molecule has 1 aromatic rings. The number of benzene rings is 1. The zero-order valence-electron chi connectivity index (χ0n) is 13.0. The zero-order valence-corrected chi connectivity index (χ0v) is 13.0. The second kappa shape index (κ2) is 7.72. The molecule has 0 spiro atoms. The SMILES string of the molecule is CCN(CCC(NC)c1cccc(F)c1)CC(C)(C)O. The van der Waals surface area contributed by atoms with Crippen molar-refractivity contribution in [1.82, 2.24) is 10.2 Å². The van der Waals surface area contributed by atoms with E-state index in [4.69, 9.17) is 0 Å². The third-order valence-corrected chi connectivity index (χ3v) is 3.39. The molecule has 0 radical (unpaired) electrons. The van der Waals surface area contributed by atoms with E-state index in [1.807, 2.05) is 27.0 Å².